The number of ether oxygens (including phenoxy) is 1. The Bertz CT molecular complexity index is 1120. The fraction of sp³-hybridized carbons (Fsp3) is 0.143. The van der Waals surface area contributed by atoms with Gasteiger partial charge >= 0.3 is 5.97 Å². The van der Waals surface area contributed by atoms with Gasteiger partial charge in [-0.25, -0.2) is 4.98 Å². The zero-order chi connectivity index (χ0) is 18.8. The first-order valence-electron chi connectivity index (χ1n) is 8.49. The molecule has 5 nitrogen and oxygen atoms in total. The van der Waals surface area contributed by atoms with Crippen LogP contribution >= 0.6 is 11.3 Å². The van der Waals surface area contributed by atoms with E-state index in [1.807, 2.05) is 54.6 Å². The third-order valence-corrected chi connectivity index (χ3v) is 5.35. The monoisotopic (exact) mass is 379 g/mol. The molecule has 1 N–H and O–H groups in total. The van der Waals surface area contributed by atoms with Crippen LogP contribution in [0.2, 0.25) is 0 Å². The van der Waals surface area contributed by atoms with Gasteiger partial charge in [0.1, 0.15) is 10.8 Å². The van der Waals surface area contributed by atoms with Gasteiger partial charge in [-0.3, -0.25) is 4.79 Å². The molecule has 27 heavy (non-hydrogen) atoms. The summed E-state index contributed by atoms with van der Waals surface area (Å²) in [6, 6.07) is 15.5. The Morgan fingerprint density at radius 3 is 2.85 bits per heavy atom. The predicted molar refractivity (Wildman–Crippen MR) is 107 cm³/mol. The van der Waals surface area contributed by atoms with E-state index in [0.717, 1.165) is 26.2 Å². The van der Waals surface area contributed by atoms with E-state index in [2.05, 4.69) is 4.98 Å². The van der Waals surface area contributed by atoms with Crippen molar-refractivity contribution in [2.75, 3.05) is 7.11 Å². The number of carboxylic acid groups (broad SMARTS) is 1. The lowest BCUT2D eigenvalue weighted by Crippen LogP contribution is -1.95. The molecule has 2 aromatic carbocycles. The third-order valence-electron chi connectivity index (χ3n) is 4.24. The molecule has 0 saturated heterocycles. The summed E-state index contributed by atoms with van der Waals surface area (Å²) in [5.41, 5.74) is 2.43. The predicted octanol–water partition coefficient (Wildman–Crippen LogP) is 5.46. The summed E-state index contributed by atoms with van der Waals surface area (Å²) in [7, 11) is 1.60. The first kappa shape index (κ1) is 17.3. The molecule has 0 radical (unpaired) electrons. The second kappa shape index (κ2) is 7.25. The number of para-hydroxylation sites is 2. The Labute approximate surface area is 159 Å². The van der Waals surface area contributed by atoms with Crippen molar-refractivity contribution in [3.8, 4) is 5.75 Å². The summed E-state index contributed by atoms with van der Waals surface area (Å²) in [6.07, 6.45) is 2.29. The van der Waals surface area contributed by atoms with Gasteiger partial charge in [0.15, 0.2) is 11.3 Å². The lowest BCUT2D eigenvalue weighted by atomic mass is 10.1. The Kier molecular flexibility index (Phi) is 4.64. The van der Waals surface area contributed by atoms with Crippen molar-refractivity contribution in [3.63, 3.8) is 0 Å². The van der Waals surface area contributed by atoms with Crippen LogP contribution in [-0.4, -0.2) is 23.2 Å². The number of hydrogen-bond donors (Lipinski definition) is 1. The number of thiazole rings is 1. The second-order valence-corrected chi connectivity index (χ2v) is 7.11. The fourth-order valence-corrected chi connectivity index (χ4v) is 3.96. The molecule has 2 aromatic heterocycles. The number of aromatic nitrogens is 1. The van der Waals surface area contributed by atoms with Crippen LogP contribution in [0, 0.1) is 0 Å². The van der Waals surface area contributed by atoms with Crippen LogP contribution in [0.5, 0.6) is 5.75 Å². The minimum atomic E-state index is -0.840. The Morgan fingerprint density at radius 1 is 1.22 bits per heavy atom. The molecular formula is C21H17NO4S. The van der Waals surface area contributed by atoms with Gasteiger partial charge < -0.3 is 14.3 Å². The van der Waals surface area contributed by atoms with Gasteiger partial charge in [0.05, 0.1) is 17.3 Å². The smallest absolute Gasteiger partial charge is 0.303 e. The number of rotatable bonds is 6. The van der Waals surface area contributed by atoms with Gasteiger partial charge in [-0.15, -0.1) is 11.3 Å². The van der Waals surface area contributed by atoms with E-state index < -0.39 is 5.97 Å². The minimum absolute atomic E-state index is 0.0330. The second-order valence-electron chi connectivity index (χ2n) is 6.08. The van der Waals surface area contributed by atoms with Crippen LogP contribution < -0.4 is 4.74 Å². The molecule has 0 aliphatic heterocycles. The highest BCUT2D eigenvalue weighted by atomic mass is 32.1. The maximum atomic E-state index is 11.1. The average Bonchev–Trinajstić information content (AvgIpc) is 3.27. The highest BCUT2D eigenvalue weighted by molar-refractivity contribution is 7.19. The number of allylic oxidation sites excluding steroid dienone is 1. The number of furan rings is 1. The highest BCUT2D eigenvalue weighted by Crippen LogP contribution is 2.34. The summed E-state index contributed by atoms with van der Waals surface area (Å²) in [5, 5.41) is 10.9. The van der Waals surface area contributed by atoms with Crippen molar-refractivity contribution >= 4 is 50.1 Å². The first-order valence-corrected chi connectivity index (χ1v) is 9.30. The average molecular weight is 379 g/mol. The number of carbonyl (C=O) groups is 1. The SMILES string of the molecule is COc1cccc2cc(C=C(CCC(=O)O)c3nc4ccccc4s3)oc12. The summed E-state index contributed by atoms with van der Waals surface area (Å²) in [4.78, 5) is 15.8. The molecule has 0 aliphatic rings. The molecular weight excluding hydrogens is 362 g/mol. The number of aliphatic carboxylic acids is 1. The summed E-state index contributed by atoms with van der Waals surface area (Å²) >= 11 is 1.55. The Balaban J connectivity index is 1.79. The van der Waals surface area contributed by atoms with Crippen molar-refractivity contribution in [1.29, 1.82) is 0 Å². The molecule has 0 spiro atoms. The van der Waals surface area contributed by atoms with Gasteiger partial charge in [0.25, 0.3) is 0 Å². The molecule has 0 bridgehead atoms. The number of benzene rings is 2. The number of hydrogen-bond acceptors (Lipinski definition) is 5. The van der Waals surface area contributed by atoms with Crippen LogP contribution in [-0.2, 0) is 4.79 Å². The van der Waals surface area contributed by atoms with Gasteiger partial charge in [-0.2, -0.15) is 0 Å². The van der Waals surface area contributed by atoms with E-state index in [4.69, 9.17) is 14.3 Å². The maximum absolute atomic E-state index is 11.1. The molecule has 0 unspecified atom stereocenters. The quantitative estimate of drug-likeness (QED) is 0.482. The van der Waals surface area contributed by atoms with E-state index in [-0.39, 0.29) is 6.42 Å². The maximum Gasteiger partial charge on any atom is 0.303 e. The first-order chi connectivity index (χ1) is 13.1. The molecule has 0 saturated carbocycles. The number of nitrogens with zero attached hydrogens (tertiary/aromatic N) is 1. The van der Waals surface area contributed by atoms with E-state index in [1.165, 1.54) is 0 Å². The van der Waals surface area contributed by atoms with E-state index in [0.29, 0.717) is 23.5 Å². The topological polar surface area (TPSA) is 72.6 Å². The Hall–Kier alpha value is -3.12. The van der Waals surface area contributed by atoms with Crippen molar-refractivity contribution in [2.24, 2.45) is 0 Å². The molecule has 4 rings (SSSR count). The van der Waals surface area contributed by atoms with Crippen molar-refractivity contribution < 1.29 is 19.1 Å². The number of carboxylic acids is 1. The normalized spacial score (nSPS) is 12.0. The molecule has 0 atom stereocenters. The molecule has 6 heteroatoms. The lowest BCUT2D eigenvalue weighted by Gasteiger charge is -2.01. The largest absolute Gasteiger partial charge is 0.493 e. The minimum Gasteiger partial charge on any atom is -0.493 e. The Morgan fingerprint density at radius 2 is 2.07 bits per heavy atom. The van der Waals surface area contributed by atoms with Gasteiger partial charge in [-0.1, -0.05) is 24.3 Å². The van der Waals surface area contributed by atoms with E-state index in [1.54, 1.807) is 18.4 Å². The zero-order valence-electron chi connectivity index (χ0n) is 14.6. The van der Waals surface area contributed by atoms with Crippen molar-refractivity contribution in [3.05, 3.63) is 59.3 Å². The van der Waals surface area contributed by atoms with Gasteiger partial charge in [0, 0.05) is 11.8 Å². The van der Waals surface area contributed by atoms with Crippen LogP contribution in [0.25, 0.3) is 32.8 Å². The van der Waals surface area contributed by atoms with Crippen LogP contribution in [0.3, 0.4) is 0 Å². The fourth-order valence-electron chi connectivity index (χ4n) is 2.95. The van der Waals surface area contributed by atoms with Gasteiger partial charge in [-0.05, 0) is 42.3 Å². The standard InChI is InChI=1S/C21H17NO4S/c1-25-17-7-4-5-13-11-15(26-20(13)17)12-14(9-10-19(23)24)21-22-16-6-2-3-8-18(16)27-21/h2-8,11-12H,9-10H2,1H3,(H,23,24). The summed E-state index contributed by atoms with van der Waals surface area (Å²) in [6.45, 7) is 0. The lowest BCUT2D eigenvalue weighted by molar-refractivity contribution is -0.136. The third kappa shape index (κ3) is 3.57. The molecule has 0 aliphatic carbocycles. The van der Waals surface area contributed by atoms with E-state index >= 15 is 0 Å². The summed E-state index contributed by atoms with van der Waals surface area (Å²) < 4.78 is 12.4. The van der Waals surface area contributed by atoms with Crippen LogP contribution in [0.1, 0.15) is 23.6 Å². The summed E-state index contributed by atoms with van der Waals surface area (Å²) in [5.74, 6) is 0.474. The highest BCUT2D eigenvalue weighted by Gasteiger charge is 2.13. The van der Waals surface area contributed by atoms with Crippen molar-refractivity contribution in [2.45, 2.75) is 12.8 Å². The molecule has 2 heterocycles. The molecule has 0 amide bonds. The van der Waals surface area contributed by atoms with Gasteiger partial charge in [0.2, 0.25) is 0 Å². The zero-order valence-corrected chi connectivity index (χ0v) is 15.5. The molecule has 4 aromatic rings. The molecule has 136 valence electrons. The van der Waals surface area contributed by atoms with Crippen molar-refractivity contribution in [1.82, 2.24) is 4.98 Å². The van der Waals surface area contributed by atoms with E-state index in [9.17, 15) is 4.79 Å². The van der Waals surface area contributed by atoms with Crippen LogP contribution in [0.15, 0.2) is 52.9 Å². The molecule has 0 fully saturated rings. The number of methoxy groups -OCH3 is 1. The van der Waals surface area contributed by atoms with Crippen LogP contribution in [0.4, 0.5) is 0 Å². The number of fused-ring (bicyclic) bond motifs is 2.